The molecule has 0 amide bonds. The Kier molecular flexibility index (Phi) is 3.69. The van der Waals surface area contributed by atoms with Crippen LogP contribution in [0.3, 0.4) is 0 Å². The normalized spacial score (nSPS) is 10.7. The molecule has 0 aliphatic carbocycles. The molecule has 0 aliphatic rings. The number of ether oxygens (including phenoxy) is 1. The van der Waals surface area contributed by atoms with Gasteiger partial charge >= 0.3 is 0 Å². The fraction of sp³-hybridized carbons (Fsp3) is 0.176. The van der Waals surface area contributed by atoms with Crippen molar-refractivity contribution in [2.75, 3.05) is 0 Å². The third-order valence-corrected chi connectivity index (χ3v) is 3.30. The number of hydrogen-bond donors (Lipinski definition) is 0. The maximum atomic E-state index is 11.5. The second-order valence-electron chi connectivity index (χ2n) is 4.79. The van der Waals surface area contributed by atoms with Crippen LogP contribution in [0.15, 0.2) is 54.9 Å². The van der Waals surface area contributed by atoms with Gasteiger partial charge in [0.25, 0.3) is 0 Å². The zero-order chi connectivity index (χ0) is 14.7. The van der Waals surface area contributed by atoms with E-state index in [0.29, 0.717) is 13.0 Å². The number of carbonyl (C=O) groups is 1. The van der Waals surface area contributed by atoms with E-state index in [9.17, 15) is 4.79 Å². The summed E-state index contributed by atoms with van der Waals surface area (Å²) in [6.07, 6.45) is 4.42. The summed E-state index contributed by atoms with van der Waals surface area (Å²) in [4.78, 5) is 16.0. The van der Waals surface area contributed by atoms with Crippen LogP contribution < -0.4 is 4.74 Å². The molecule has 2 heterocycles. The van der Waals surface area contributed by atoms with Crippen LogP contribution in [0.1, 0.15) is 29.4 Å². The van der Waals surface area contributed by atoms with Gasteiger partial charge in [0.05, 0.1) is 5.69 Å². The molecule has 0 spiro atoms. The fourth-order valence-electron chi connectivity index (χ4n) is 2.16. The molecule has 0 aliphatic heterocycles. The highest BCUT2D eigenvalue weighted by molar-refractivity contribution is 5.95. The molecule has 21 heavy (non-hydrogen) atoms. The van der Waals surface area contributed by atoms with Gasteiger partial charge in [-0.05, 0) is 36.4 Å². The summed E-state index contributed by atoms with van der Waals surface area (Å²) in [6, 6.07) is 13.1. The van der Waals surface area contributed by atoms with Gasteiger partial charge in [0.2, 0.25) is 0 Å². The molecule has 0 bridgehead atoms. The van der Waals surface area contributed by atoms with Gasteiger partial charge in [0, 0.05) is 24.4 Å². The molecule has 106 valence electrons. The van der Waals surface area contributed by atoms with Gasteiger partial charge in [-0.25, -0.2) is 4.98 Å². The van der Waals surface area contributed by atoms with Gasteiger partial charge in [0.1, 0.15) is 18.0 Å². The van der Waals surface area contributed by atoms with Crippen LogP contribution in [-0.2, 0) is 6.61 Å². The van der Waals surface area contributed by atoms with E-state index in [1.807, 2.05) is 54.0 Å². The monoisotopic (exact) mass is 280 g/mol. The van der Waals surface area contributed by atoms with Crippen LogP contribution in [0.4, 0.5) is 0 Å². The molecule has 0 unspecified atom stereocenters. The van der Waals surface area contributed by atoms with Crippen LogP contribution in [-0.4, -0.2) is 15.2 Å². The first kappa shape index (κ1) is 13.4. The number of nitrogens with zero attached hydrogens (tertiary/aromatic N) is 2. The van der Waals surface area contributed by atoms with Gasteiger partial charge in [-0.1, -0.05) is 13.0 Å². The highest BCUT2D eigenvalue weighted by Crippen LogP contribution is 2.15. The first-order valence-corrected chi connectivity index (χ1v) is 6.95. The Hall–Kier alpha value is -2.62. The minimum absolute atomic E-state index is 0.141. The number of hydrogen-bond acceptors (Lipinski definition) is 3. The fourth-order valence-corrected chi connectivity index (χ4v) is 2.16. The van der Waals surface area contributed by atoms with Crippen LogP contribution in [0.5, 0.6) is 5.75 Å². The summed E-state index contributed by atoms with van der Waals surface area (Å²) in [5, 5.41) is 0. The van der Waals surface area contributed by atoms with E-state index >= 15 is 0 Å². The zero-order valence-corrected chi connectivity index (χ0v) is 11.8. The van der Waals surface area contributed by atoms with Crippen molar-refractivity contribution in [2.45, 2.75) is 20.0 Å². The predicted molar refractivity (Wildman–Crippen MR) is 80.6 cm³/mol. The van der Waals surface area contributed by atoms with Gasteiger partial charge in [-0.3, -0.25) is 4.79 Å². The Balaban J connectivity index is 1.68. The van der Waals surface area contributed by atoms with Gasteiger partial charge in [0.15, 0.2) is 5.78 Å². The molecular weight excluding hydrogens is 264 g/mol. The van der Waals surface area contributed by atoms with Crippen LogP contribution >= 0.6 is 0 Å². The van der Waals surface area contributed by atoms with Crippen molar-refractivity contribution in [3.8, 4) is 5.75 Å². The van der Waals surface area contributed by atoms with E-state index in [2.05, 4.69) is 4.98 Å². The van der Waals surface area contributed by atoms with E-state index in [-0.39, 0.29) is 5.78 Å². The molecule has 2 aromatic heterocycles. The van der Waals surface area contributed by atoms with Crippen molar-refractivity contribution in [3.05, 3.63) is 66.1 Å². The summed E-state index contributed by atoms with van der Waals surface area (Å²) in [5.41, 5.74) is 2.49. The average molecular weight is 280 g/mol. The van der Waals surface area contributed by atoms with E-state index in [0.717, 1.165) is 22.7 Å². The number of imidazole rings is 1. The number of Topliss-reactive ketones (excluding diaryl/α,β-unsaturated/α-hetero) is 1. The maximum Gasteiger partial charge on any atom is 0.162 e. The Bertz CT molecular complexity index is 727. The van der Waals surface area contributed by atoms with Crippen LogP contribution in [0.25, 0.3) is 5.65 Å². The smallest absolute Gasteiger partial charge is 0.162 e. The number of carbonyl (C=O) groups excluding carboxylic acids is 1. The van der Waals surface area contributed by atoms with Crippen molar-refractivity contribution in [1.29, 1.82) is 0 Å². The summed E-state index contributed by atoms with van der Waals surface area (Å²) in [5.74, 6) is 0.876. The summed E-state index contributed by atoms with van der Waals surface area (Å²) in [6.45, 7) is 2.26. The lowest BCUT2D eigenvalue weighted by molar-refractivity contribution is 0.0988. The molecule has 0 saturated carbocycles. The Labute approximate surface area is 123 Å². The molecule has 3 rings (SSSR count). The highest BCUT2D eigenvalue weighted by atomic mass is 16.5. The third kappa shape index (κ3) is 2.94. The lowest BCUT2D eigenvalue weighted by Crippen LogP contribution is -1.98. The predicted octanol–water partition coefficient (Wildman–Crippen LogP) is 3.51. The Morgan fingerprint density at radius 3 is 2.71 bits per heavy atom. The average Bonchev–Trinajstić information content (AvgIpc) is 2.95. The molecule has 0 atom stereocenters. The number of pyridine rings is 1. The SMILES string of the molecule is CCC(=O)c1ccc(OCc2cn3ccccc3n2)cc1. The molecule has 0 fully saturated rings. The molecule has 0 N–H and O–H groups in total. The molecule has 4 nitrogen and oxygen atoms in total. The summed E-state index contributed by atoms with van der Waals surface area (Å²) in [7, 11) is 0. The lowest BCUT2D eigenvalue weighted by atomic mass is 10.1. The van der Waals surface area contributed by atoms with E-state index in [4.69, 9.17) is 4.74 Å². The van der Waals surface area contributed by atoms with E-state index in [1.165, 1.54) is 0 Å². The second kappa shape index (κ2) is 5.79. The van der Waals surface area contributed by atoms with Crippen molar-refractivity contribution >= 4 is 11.4 Å². The van der Waals surface area contributed by atoms with Crippen LogP contribution in [0, 0.1) is 0 Å². The van der Waals surface area contributed by atoms with Crippen LogP contribution in [0.2, 0.25) is 0 Å². The van der Waals surface area contributed by atoms with Gasteiger partial charge < -0.3 is 9.14 Å². The quantitative estimate of drug-likeness (QED) is 0.672. The van der Waals surface area contributed by atoms with E-state index in [1.54, 1.807) is 12.1 Å². The van der Waals surface area contributed by atoms with E-state index < -0.39 is 0 Å². The summed E-state index contributed by atoms with van der Waals surface area (Å²) >= 11 is 0. The van der Waals surface area contributed by atoms with Gasteiger partial charge in [-0.2, -0.15) is 0 Å². The third-order valence-electron chi connectivity index (χ3n) is 3.30. The first-order chi connectivity index (χ1) is 10.3. The van der Waals surface area contributed by atoms with Crippen molar-refractivity contribution in [2.24, 2.45) is 0 Å². The molecule has 4 heteroatoms. The van der Waals surface area contributed by atoms with Crippen molar-refractivity contribution in [3.63, 3.8) is 0 Å². The first-order valence-electron chi connectivity index (χ1n) is 6.95. The topological polar surface area (TPSA) is 43.6 Å². The minimum atomic E-state index is 0.141. The minimum Gasteiger partial charge on any atom is -0.487 e. The van der Waals surface area contributed by atoms with Crippen molar-refractivity contribution < 1.29 is 9.53 Å². The van der Waals surface area contributed by atoms with Gasteiger partial charge in [-0.15, -0.1) is 0 Å². The number of rotatable bonds is 5. The number of aromatic nitrogens is 2. The lowest BCUT2D eigenvalue weighted by Gasteiger charge is -2.04. The number of fused-ring (bicyclic) bond motifs is 1. The molecule has 0 saturated heterocycles. The maximum absolute atomic E-state index is 11.5. The molecule has 3 aromatic rings. The molecular formula is C17H16N2O2. The molecule has 0 radical (unpaired) electrons. The standard InChI is InChI=1S/C17H16N2O2/c1-2-16(20)13-6-8-15(9-7-13)21-12-14-11-19-10-4-3-5-17(19)18-14/h3-11H,2,12H2,1H3. The highest BCUT2D eigenvalue weighted by Gasteiger charge is 2.04. The largest absolute Gasteiger partial charge is 0.487 e. The van der Waals surface area contributed by atoms with Crippen molar-refractivity contribution in [1.82, 2.24) is 9.38 Å². The zero-order valence-electron chi connectivity index (χ0n) is 11.8. The Morgan fingerprint density at radius 2 is 2.00 bits per heavy atom. The summed E-state index contributed by atoms with van der Waals surface area (Å²) < 4.78 is 7.66. The second-order valence-corrected chi connectivity index (χ2v) is 4.79. The number of ketones is 1. The molecule has 1 aromatic carbocycles. The Morgan fingerprint density at radius 1 is 1.19 bits per heavy atom. The number of benzene rings is 1.